The largest absolute Gasteiger partial charge is 0.485 e. The smallest absolute Gasteiger partial charge is 0.358 e. The molecule has 0 fully saturated rings. The molecule has 6 heteroatoms. The summed E-state index contributed by atoms with van der Waals surface area (Å²) in [6, 6.07) is 1.49. The number of hydrogen-bond acceptors (Lipinski definition) is 3. The molecule has 0 aromatic carbocycles. The van der Waals surface area contributed by atoms with Crippen LogP contribution in [-0.4, -0.2) is 29.1 Å². The van der Waals surface area contributed by atoms with Crippen LogP contribution in [0.25, 0.3) is 0 Å². The van der Waals surface area contributed by atoms with Crippen LogP contribution in [0, 0.1) is 6.92 Å². The van der Waals surface area contributed by atoms with E-state index >= 15 is 0 Å². The molecule has 0 bridgehead atoms. The first-order valence-electron chi connectivity index (χ1n) is 4.12. The molecule has 4 nitrogen and oxygen atoms in total. The molecule has 0 amide bonds. The van der Waals surface area contributed by atoms with E-state index in [9.17, 15) is 13.6 Å². The fourth-order valence-corrected chi connectivity index (χ4v) is 1.03. The second-order valence-corrected chi connectivity index (χ2v) is 2.81. The van der Waals surface area contributed by atoms with E-state index < -0.39 is 19.0 Å². The zero-order chi connectivity index (χ0) is 11.4. The van der Waals surface area contributed by atoms with Crippen LogP contribution >= 0.6 is 0 Å². The van der Waals surface area contributed by atoms with Gasteiger partial charge in [-0.05, 0) is 18.6 Å². The Kier molecular flexibility index (Phi) is 3.54. The maximum absolute atomic E-state index is 11.9. The standard InChI is InChI=1S/C9H9F2NO3/c1-5-2-3-12-7(9(13)14)8(5)15-4-6(10)11/h2-3,6H,4H2,1H3,(H,13,14). The predicted molar refractivity (Wildman–Crippen MR) is 47.4 cm³/mol. The Morgan fingerprint density at radius 1 is 1.67 bits per heavy atom. The van der Waals surface area contributed by atoms with Crippen molar-refractivity contribution >= 4 is 5.97 Å². The molecule has 0 aliphatic carbocycles. The van der Waals surface area contributed by atoms with Gasteiger partial charge in [-0.1, -0.05) is 0 Å². The van der Waals surface area contributed by atoms with E-state index in [4.69, 9.17) is 9.84 Å². The Morgan fingerprint density at radius 3 is 2.87 bits per heavy atom. The number of aromatic carboxylic acids is 1. The van der Waals surface area contributed by atoms with Gasteiger partial charge >= 0.3 is 5.97 Å². The van der Waals surface area contributed by atoms with E-state index in [0.717, 1.165) is 0 Å². The summed E-state index contributed by atoms with van der Waals surface area (Å²) >= 11 is 0. The first-order valence-corrected chi connectivity index (χ1v) is 4.12. The zero-order valence-corrected chi connectivity index (χ0v) is 7.91. The second-order valence-electron chi connectivity index (χ2n) is 2.81. The summed E-state index contributed by atoms with van der Waals surface area (Å²) < 4.78 is 28.5. The molecule has 1 rings (SSSR count). The van der Waals surface area contributed by atoms with Gasteiger partial charge in [0.1, 0.15) is 6.61 Å². The minimum absolute atomic E-state index is 0.106. The topological polar surface area (TPSA) is 59.4 Å². The maximum atomic E-state index is 11.9. The number of nitrogens with zero attached hydrogens (tertiary/aromatic N) is 1. The number of aryl methyl sites for hydroxylation is 1. The molecule has 0 unspecified atom stereocenters. The molecule has 1 N–H and O–H groups in total. The average molecular weight is 217 g/mol. The third-order valence-corrected chi connectivity index (χ3v) is 1.66. The molecule has 0 spiro atoms. The van der Waals surface area contributed by atoms with Crippen LogP contribution in [0.4, 0.5) is 8.78 Å². The van der Waals surface area contributed by atoms with Crippen LogP contribution < -0.4 is 4.74 Å². The molecule has 1 aromatic heterocycles. The van der Waals surface area contributed by atoms with Gasteiger partial charge in [0.2, 0.25) is 0 Å². The molecule has 1 aromatic rings. The molecule has 0 atom stereocenters. The summed E-state index contributed by atoms with van der Waals surface area (Å²) in [6.45, 7) is 0.724. The Hall–Kier alpha value is -1.72. The number of carboxylic acid groups (broad SMARTS) is 1. The highest BCUT2D eigenvalue weighted by Crippen LogP contribution is 2.21. The maximum Gasteiger partial charge on any atom is 0.358 e. The van der Waals surface area contributed by atoms with Crippen molar-refractivity contribution in [3.63, 3.8) is 0 Å². The van der Waals surface area contributed by atoms with E-state index in [1.54, 1.807) is 6.92 Å². The molecule has 15 heavy (non-hydrogen) atoms. The Balaban J connectivity index is 2.97. The zero-order valence-electron chi connectivity index (χ0n) is 7.91. The Bertz CT molecular complexity index is 368. The van der Waals surface area contributed by atoms with Crippen LogP contribution in [0.1, 0.15) is 16.1 Å². The number of carbonyl (C=O) groups is 1. The van der Waals surface area contributed by atoms with Gasteiger partial charge in [0.25, 0.3) is 6.43 Å². The molecular formula is C9H9F2NO3. The van der Waals surface area contributed by atoms with Gasteiger partial charge in [0.15, 0.2) is 11.4 Å². The van der Waals surface area contributed by atoms with Crippen molar-refractivity contribution in [3.05, 3.63) is 23.5 Å². The highest BCUT2D eigenvalue weighted by atomic mass is 19.3. The summed E-state index contributed by atoms with van der Waals surface area (Å²) in [6.07, 6.45) is -1.36. The summed E-state index contributed by atoms with van der Waals surface area (Å²) in [5.74, 6) is -1.41. The van der Waals surface area contributed by atoms with Crippen molar-refractivity contribution in [2.24, 2.45) is 0 Å². The van der Waals surface area contributed by atoms with Crippen molar-refractivity contribution in [2.45, 2.75) is 13.3 Å². The Labute approximate surface area is 84.5 Å². The lowest BCUT2D eigenvalue weighted by atomic mass is 10.2. The summed E-state index contributed by atoms with van der Waals surface area (Å²) in [4.78, 5) is 14.2. The third-order valence-electron chi connectivity index (χ3n) is 1.66. The number of carboxylic acids is 1. The number of pyridine rings is 1. The minimum Gasteiger partial charge on any atom is -0.485 e. The van der Waals surface area contributed by atoms with Crippen molar-refractivity contribution in [1.82, 2.24) is 4.98 Å². The van der Waals surface area contributed by atoms with Gasteiger partial charge in [-0.3, -0.25) is 0 Å². The van der Waals surface area contributed by atoms with Crippen LogP contribution in [0.2, 0.25) is 0 Å². The van der Waals surface area contributed by atoms with E-state index in [-0.39, 0.29) is 11.4 Å². The van der Waals surface area contributed by atoms with Crippen LogP contribution in [0.5, 0.6) is 5.75 Å². The van der Waals surface area contributed by atoms with Gasteiger partial charge in [0, 0.05) is 6.20 Å². The highest BCUT2D eigenvalue weighted by molar-refractivity contribution is 5.89. The number of hydrogen-bond donors (Lipinski definition) is 1. The third kappa shape index (κ3) is 2.87. The fraction of sp³-hybridized carbons (Fsp3) is 0.333. The summed E-state index contributed by atoms with van der Waals surface area (Å²) in [5, 5.41) is 8.73. The van der Waals surface area contributed by atoms with Gasteiger partial charge < -0.3 is 9.84 Å². The number of ether oxygens (including phenoxy) is 1. The van der Waals surface area contributed by atoms with Crippen molar-refractivity contribution < 1.29 is 23.4 Å². The van der Waals surface area contributed by atoms with Crippen molar-refractivity contribution in [2.75, 3.05) is 6.61 Å². The molecular weight excluding hydrogens is 208 g/mol. The van der Waals surface area contributed by atoms with Gasteiger partial charge in [0.05, 0.1) is 0 Å². The SMILES string of the molecule is Cc1ccnc(C(=O)O)c1OCC(F)F. The lowest BCUT2D eigenvalue weighted by Gasteiger charge is -2.10. The molecule has 1 heterocycles. The van der Waals surface area contributed by atoms with E-state index in [0.29, 0.717) is 5.56 Å². The van der Waals surface area contributed by atoms with Crippen molar-refractivity contribution in [3.8, 4) is 5.75 Å². The lowest BCUT2D eigenvalue weighted by Crippen LogP contribution is -2.12. The molecule has 0 saturated heterocycles. The lowest BCUT2D eigenvalue weighted by molar-refractivity contribution is 0.0654. The minimum atomic E-state index is -2.65. The second kappa shape index (κ2) is 4.68. The average Bonchev–Trinajstić information content (AvgIpc) is 2.15. The van der Waals surface area contributed by atoms with E-state index in [1.807, 2.05) is 0 Å². The first kappa shape index (κ1) is 11.4. The monoisotopic (exact) mass is 217 g/mol. The van der Waals surface area contributed by atoms with Crippen molar-refractivity contribution in [1.29, 1.82) is 0 Å². The molecule has 0 radical (unpaired) electrons. The molecule has 0 aliphatic rings. The number of halogens is 2. The van der Waals surface area contributed by atoms with Crippen LogP contribution in [0.15, 0.2) is 12.3 Å². The molecule has 0 aliphatic heterocycles. The predicted octanol–water partition coefficient (Wildman–Crippen LogP) is 1.73. The van der Waals surface area contributed by atoms with Crippen LogP contribution in [0.3, 0.4) is 0 Å². The first-order chi connectivity index (χ1) is 7.02. The summed E-state index contributed by atoms with van der Waals surface area (Å²) in [7, 11) is 0. The molecule has 0 saturated carbocycles. The van der Waals surface area contributed by atoms with E-state index in [2.05, 4.69) is 4.98 Å². The van der Waals surface area contributed by atoms with Gasteiger partial charge in [-0.25, -0.2) is 18.6 Å². The van der Waals surface area contributed by atoms with Crippen LogP contribution in [-0.2, 0) is 0 Å². The van der Waals surface area contributed by atoms with Gasteiger partial charge in [-0.2, -0.15) is 0 Å². The number of rotatable bonds is 4. The number of aromatic nitrogens is 1. The molecule has 82 valence electrons. The fourth-order valence-electron chi connectivity index (χ4n) is 1.03. The quantitative estimate of drug-likeness (QED) is 0.834. The van der Waals surface area contributed by atoms with Gasteiger partial charge in [-0.15, -0.1) is 0 Å². The Morgan fingerprint density at radius 2 is 2.33 bits per heavy atom. The summed E-state index contributed by atoms with van der Waals surface area (Å²) in [5.41, 5.74) is 0.110. The normalized spacial score (nSPS) is 10.4. The number of alkyl halides is 2. The highest BCUT2D eigenvalue weighted by Gasteiger charge is 2.16. The van der Waals surface area contributed by atoms with E-state index in [1.165, 1.54) is 12.3 Å².